The molecule has 2 aromatic rings. The van der Waals surface area contributed by atoms with E-state index in [9.17, 15) is 0 Å². The van der Waals surface area contributed by atoms with Crippen molar-refractivity contribution < 1.29 is 0 Å². The summed E-state index contributed by atoms with van der Waals surface area (Å²) in [5, 5.41) is 0. The van der Waals surface area contributed by atoms with Crippen molar-refractivity contribution in [1.82, 2.24) is 0 Å². The molecule has 0 saturated carbocycles. The summed E-state index contributed by atoms with van der Waals surface area (Å²) in [4.78, 5) is 0. The van der Waals surface area contributed by atoms with Crippen molar-refractivity contribution in [3.05, 3.63) is 96.1 Å². The molecule has 0 heterocycles. The molecule has 0 aliphatic heterocycles. The molecule has 3 rings (SSSR count). The minimum absolute atomic E-state index is 0. The predicted octanol–water partition coefficient (Wildman–Crippen LogP) is 3.72. The van der Waals surface area contributed by atoms with Gasteiger partial charge >= 0.3 is 0 Å². The maximum Gasteiger partial charge on any atom is 0.0568 e. The first-order valence-electron chi connectivity index (χ1n) is 5.90. The first kappa shape index (κ1) is 13.6. The van der Waals surface area contributed by atoms with Crippen molar-refractivity contribution in [1.29, 1.82) is 0 Å². The number of hydrogen-bond donors (Lipinski definition) is 0. The molecule has 1 heteroatoms. The van der Waals surface area contributed by atoms with Gasteiger partial charge in [0.15, 0.2) is 0 Å². The maximum absolute atomic E-state index is 2.26. The Kier molecular flexibility index (Phi) is 4.45. The van der Waals surface area contributed by atoms with Crippen LogP contribution >= 0.6 is 0 Å². The Balaban J connectivity index is 0.00000120. The number of benzene rings is 2. The fraction of sp³-hybridized carbons (Fsp3) is 0.0588. The van der Waals surface area contributed by atoms with E-state index in [4.69, 9.17) is 0 Å². The van der Waals surface area contributed by atoms with Crippen LogP contribution in [0.5, 0.6) is 0 Å². The third kappa shape index (κ3) is 2.33. The Labute approximate surface area is 138 Å². The molecule has 0 bridgehead atoms. The summed E-state index contributed by atoms with van der Waals surface area (Å²) in [5.41, 5.74) is 2.55. The van der Waals surface area contributed by atoms with Gasteiger partial charge in [0.2, 0.25) is 0 Å². The van der Waals surface area contributed by atoms with Gasteiger partial charge < -0.3 is 0 Å². The Morgan fingerprint density at radius 1 is 0.556 bits per heavy atom. The molecule has 0 unspecified atom stereocenters. The van der Waals surface area contributed by atoms with Crippen molar-refractivity contribution in [3.8, 4) is 0 Å². The van der Waals surface area contributed by atoms with Crippen LogP contribution in [0, 0.1) is 0 Å². The van der Waals surface area contributed by atoms with Gasteiger partial charge in [-0.2, -0.15) is 0 Å². The molecule has 1 aliphatic carbocycles. The van der Waals surface area contributed by atoms with Crippen molar-refractivity contribution in [2.75, 3.05) is 0 Å². The first-order valence-corrected chi connectivity index (χ1v) is 5.90. The SMILES string of the molecule is C1=CC(c2ccccc2)(c2ccccc2)C=C1.[Ca]. The number of rotatable bonds is 2. The van der Waals surface area contributed by atoms with Crippen molar-refractivity contribution in [2.45, 2.75) is 5.41 Å². The minimum Gasteiger partial charge on any atom is -0.0658 e. The molecule has 2 aromatic carbocycles. The summed E-state index contributed by atoms with van der Waals surface area (Å²) in [6.45, 7) is 0. The van der Waals surface area contributed by atoms with Crippen LogP contribution in [0.1, 0.15) is 11.1 Å². The van der Waals surface area contributed by atoms with E-state index < -0.39 is 0 Å². The van der Waals surface area contributed by atoms with E-state index in [2.05, 4.69) is 85.0 Å². The molecule has 0 N–H and O–H groups in total. The average molecular weight is 258 g/mol. The van der Waals surface area contributed by atoms with Crippen LogP contribution < -0.4 is 0 Å². The van der Waals surface area contributed by atoms with Crippen LogP contribution in [-0.4, -0.2) is 37.7 Å². The van der Waals surface area contributed by atoms with Gasteiger partial charge in [-0.25, -0.2) is 0 Å². The maximum atomic E-state index is 2.26. The molecule has 0 atom stereocenters. The van der Waals surface area contributed by atoms with E-state index in [-0.39, 0.29) is 43.2 Å². The van der Waals surface area contributed by atoms with Gasteiger partial charge in [0.25, 0.3) is 0 Å². The second-order valence-corrected chi connectivity index (χ2v) is 4.32. The molecule has 0 amide bonds. The summed E-state index contributed by atoms with van der Waals surface area (Å²) in [7, 11) is 0. The van der Waals surface area contributed by atoms with Crippen molar-refractivity contribution in [2.24, 2.45) is 0 Å². The van der Waals surface area contributed by atoms with Crippen molar-refractivity contribution in [3.63, 3.8) is 0 Å². The third-order valence-corrected chi connectivity index (χ3v) is 3.33. The number of hydrogen-bond acceptors (Lipinski definition) is 0. The quantitative estimate of drug-likeness (QED) is 0.720. The molecular formula is C17H14Ca. The molecule has 0 saturated heterocycles. The molecule has 18 heavy (non-hydrogen) atoms. The predicted molar refractivity (Wildman–Crippen MR) is 77.7 cm³/mol. The smallest absolute Gasteiger partial charge is 0.0568 e. The van der Waals surface area contributed by atoms with Crippen LogP contribution in [0.25, 0.3) is 0 Å². The standard InChI is InChI=1S/C17H14.Ca/c1-3-9-15(10-4-1)17(13-7-8-14-17)16-11-5-2-6-12-16;/h1-14H;. The van der Waals surface area contributed by atoms with Crippen LogP contribution in [-0.2, 0) is 5.41 Å². The van der Waals surface area contributed by atoms with Crippen molar-refractivity contribution >= 4 is 37.7 Å². The van der Waals surface area contributed by atoms with E-state index in [0.29, 0.717) is 0 Å². The first-order chi connectivity index (χ1) is 8.42. The molecular weight excluding hydrogens is 244 g/mol. The molecule has 0 nitrogen and oxygen atoms in total. The topological polar surface area (TPSA) is 0 Å². The summed E-state index contributed by atoms with van der Waals surface area (Å²) in [5.74, 6) is 0. The van der Waals surface area contributed by atoms with Crippen LogP contribution in [0.3, 0.4) is 0 Å². The van der Waals surface area contributed by atoms with Gasteiger partial charge in [-0.05, 0) is 11.1 Å². The summed E-state index contributed by atoms with van der Waals surface area (Å²) < 4.78 is 0. The molecule has 0 fully saturated rings. The van der Waals surface area contributed by atoms with Gasteiger partial charge in [0.05, 0.1) is 5.41 Å². The summed E-state index contributed by atoms with van der Waals surface area (Å²) in [6, 6.07) is 21.3. The number of allylic oxidation sites excluding steroid dienone is 4. The van der Waals surface area contributed by atoms with Gasteiger partial charge in [-0.15, -0.1) is 0 Å². The molecule has 84 valence electrons. The Morgan fingerprint density at radius 2 is 0.944 bits per heavy atom. The molecule has 0 spiro atoms. The normalized spacial score (nSPS) is 15.3. The zero-order valence-electron chi connectivity index (χ0n) is 10.3. The summed E-state index contributed by atoms with van der Waals surface area (Å²) >= 11 is 0. The van der Waals surface area contributed by atoms with Gasteiger partial charge in [-0.3, -0.25) is 0 Å². The van der Waals surface area contributed by atoms with Gasteiger partial charge in [0, 0.05) is 37.7 Å². The fourth-order valence-corrected chi connectivity index (χ4v) is 2.45. The third-order valence-electron chi connectivity index (χ3n) is 3.33. The van der Waals surface area contributed by atoms with E-state index in [1.54, 1.807) is 0 Å². The second kappa shape index (κ2) is 5.88. The van der Waals surface area contributed by atoms with E-state index in [1.165, 1.54) is 11.1 Å². The molecule has 0 aromatic heterocycles. The van der Waals surface area contributed by atoms with Crippen LogP contribution in [0.2, 0.25) is 0 Å². The monoisotopic (exact) mass is 258 g/mol. The zero-order chi connectivity index (χ0) is 11.6. The Bertz CT molecular complexity index is 499. The van der Waals surface area contributed by atoms with Gasteiger partial charge in [0.1, 0.15) is 0 Å². The van der Waals surface area contributed by atoms with E-state index in [0.717, 1.165) is 0 Å². The van der Waals surface area contributed by atoms with E-state index >= 15 is 0 Å². The minimum atomic E-state index is -0.0808. The largest absolute Gasteiger partial charge is 0.0658 e. The average Bonchev–Trinajstić information content (AvgIpc) is 2.91. The fourth-order valence-electron chi connectivity index (χ4n) is 2.45. The molecule has 2 radical (unpaired) electrons. The van der Waals surface area contributed by atoms with Crippen LogP contribution in [0.15, 0.2) is 85.0 Å². The zero-order valence-corrected chi connectivity index (χ0v) is 12.5. The Morgan fingerprint density at radius 3 is 1.33 bits per heavy atom. The Hall–Kier alpha value is -0.820. The molecule has 1 aliphatic rings. The van der Waals surface area contributed by atoms with Crippen LogP contribution in [0.4, 0.5) is 0 Å². The summed E-state index contributed by atoms with van der Waals surface area (Å²) in [6.07, 6.45) is 8.77. The van der Waals surface area contributed by atoms with E-state index in [1.807, 2.05) is 0 Å². The van der Waals surface area contributed by atoms with Gasteiger partial charge in [-0.1, -0.05) is 85.0 Å². The second-order valence-electron chi connectivity index (χ2n) is 4.32.